The standard InChI is InChI=1S/C16H16BrNO/c1-9-5-4-6-14(18)15(9)16(19)12-7-11(3)13(17)8-10(12)2/h4-8H,18H2,1-3H3. The van der Waals surface area contributed by atoms with E-state index < -0.39 is 0 Å². The zero-order chi connectivity index (χ0) is 14.2. The maximum Gasteiger partial charge on any atom is 0.195 e. The normalized spacial score (nSPS) is 10.5. The molecule has 2 nitrogen and oxygen atoms in total. The Labute approximate surface area is 121 Å². The Morgan fingerprint density at radius 3 is 2.37 bits per heavy atom. The quantitative estimate of drug-likeness (QED) is 0.666. The van der Waals surface area contributed by atoms with Crippen molar-refractivity contribution in [3.63, 3.8) is 0 Å². The fourth-order valence-corrected chi connectivity index (χ4v) is 2.62. The lowest BCUT2D eigenvalue weighted by molar-refractivity contribution is 0.103. The summed E-state index contributed by atoms with van der Waals surface area (Å²) < 4.78 is 1.01. The molecule has 0 spiro atoms. The van der Waals surface area contributed by atoms with Crippen molar-refractivity contribution in [1.82, 2.24) is 0 Å². The first kappa shape index (κ1) is 13.8. The monoisotopic (exact) mass is 317 g/mol. The van der Waals surface area contributed by atoms with E-state index in [2.05, 4.69) is 15.9 Å². The molecule has 0 radical (unpaired) electrons. The molecule has 2 aromatic rings. The molecule has 0 saturated heterocycles. The van der Waals surface area contributed by atoms with Gasteiger partial charge in [0, 0.05) is 21.3 Å². The Hall–Kier alpha value is -1.61. The maximum absolute atomic E-state index is 12.7. The zero-order valence-electron chi connectivity index (χ0n) is 11.3. The van der Waals surface area contributed by atoms with Crippen molar-refractivity contribution < 1.29 is 4.79 Å². The van der Waals surface area contributed by atoms with E-state index in [0.29, 0.717) is 16.8 Å². The van der Waals surface area contributed by atoms with Crippen molar-refractivity contribution >= 4 is 27.4 Å². The third kappa shape index (κ3) is 2.56. The second-order valence-electron chi connectivity index (χ2n) is 4.78. The van der Waals surface area contributed by atoms with Crippen LogP contribution >= 0.6 is 15.9 Å². The van der Waals surface area contributed by atoms with Crippen LogP contribution in [0, 0.1) is 20.8 Å². The van der Waals surface area contributed by atoms with Crippen LogP contribution in [0.15, 0.2) is 34.8 Å². The number of aryl methyl sites for hydroxylation is 3. The molecule has 0 aliphatic carbocycles. The summed E-state index contributed by atoms with van der Waals surface area (Å²) in [7, 11) is 0. The highest BCUT2D eigenvalue weighted by molar-refractivity contribution is 9.10. The van der Waals surface area contributed by atoms with Crippen LogP contribution in [0.3, 0.4) is 0 Å². The Bertz CT molecular complexity index is 642. The number of carbonyl (C=O) groups is 1. The minimum Gasteiger partial charge on any atom is -0.398 e. The molecule has 0 atom stereocenters. The average molecular weight is 318 g/mol. The molecule has 0 fully saturated rings. The van der Waals surface area contributed by atoms with E-state index in [4.69, 9.17) is 5.73 Å². The van der Waals surface area contributed by atoms with Crippen molar-refractivity contribution in [3.05, 3.63) is 62.6 Å². The Kier molecular flexibility index (Phi) is 3.76. The van der Waals surface area contributed by atoms with Gasteiger partial charge in [0.05, 0.1) is 0 Å². The first-order valence-corrected chi connectivity index (χ1v) is 6.87. The molecule has 0 bridgehead atoms. The molecule has 2 N–H and O–H groups in total. The summed E-state index contributed by atoms with van der Waals surface area (Å²) in [6.07, 6.45) is 0. The highest BCUT2D eigenvalue weighted by Crippen LogP contribution is 2.26. The van der Waals surface area contributed by atoms with Crippen LogP contribution in [-0.4, -0.2) is 5.78 Å². The van der Waals surface area contributed by atoms with E-state index in [9.17, 15) is 4.79 Å². The number of hydrogen-bond donors (Lipinski definition) is 1. The third-order valence-electron chi connectivity index (χ3n) is 3.28. The topological polar surface area (TPSA) is 43.1 Å². The summed E-state index contributed by atoms with van der Waals surface area (Å²) in [5.74, 6) is -0.0105. The number of anilines is 1. The number of nitrogen functional groups attached to an aromatic ring is 1. The van der Waals surface area contributed by atoms with Crippen LogP contribution in [-0.2, 0) is 0 Å². The number of hydrogen-bond acceptors (Lipinski definition) is 2. The van der Waals surface area contributed by atoms with Crippen molar-refractivity contribution in [2.45, 2.75) is 20.8 Å². The number of carbonyl (C=O) groups excluding carboxylic acids is 1. The second-order valence-corrected chi connectivity index (χ2v) is 5.64. The zero-order valence-corrected chi connectivity index (χ0v) is 12.8. The molecule has 98 valence electrons. The van der Waals surface area contributed by atoms with Crippen LogP contribution in [0.1, 0.15) is 32.6 Å². The van der Waals surface area contributed by atoms with Crippen molar-refractivity contribution in [2.24, 2.45) is 0 Å². The third-order valence-corrected chi connectivity index (χ3v) is 4.14. The average Bonchev–Trinajstić information content (AvgIpc) is 2.33. The predicted octanol–water partition coefficient (Wildman–Crippen LogP) is 4.19. The number of ketones is 1. The Morgan fingerprint density at radius 1 is 1.05 bits per heavy atom. The van der Waals surface area contributed by atoms with Gasteiger partial charge in [-0.1, -0.05) is 28.1 Å². The molecule has 0 amide bonds. The molecule has 0 aliphatic rings. The van der Waals surface area contributed by atoms with E-state index in [0.717, 1.165) is 21.2 Å². The van der Waals surface area contributed by atoms with Gasteiger partial charge in [0.15, 0.2) is 5.78 Å². The Balaban J connectivity index is 2.60. The molecular formula is C16H16BrNO. The smallest absolute Gasteiger partial charge is 0.195 e. The van der Waals surface area contributed by atoms with Gasteiger partial charge in [-0.25, -0.2) is 0 Å². The van der Waals surface area contributed by atoms with Crippen LogP contribution in [0.4, 0.5) is 5.69 Å². The molecule has 19 heavy (non-hydrogen) atoms. The number of rotatable bonds is 2. The first-order valence-electron chi connectivity index (χ1n) is 6.08. The van der Waals surface area contributed by atoms with Gasteiger partial charge in [-0.2, -0.15) is 0 Å². The summed E-state index contributed by atoms with van der Waals surface area (Å²) >= 11 is 3.48. The number of nitrogens with two attached hydrogens (primary N) is 1. The molecule has 0 heterocycles. The van der Waals surface area contributed by atoms with Crippen LogP contribution in [0.25, 0.3) is 0 Å². The molecule has 3 heteroatoms. The van der Waals surface area contributed by atoms with E-state index in [-0.39, 0.29) is 5.78 Å². The van der Waals surface area contributed by atoms with Gasteiger partial charge in [-0.15, -0.1) is 0 Å². The summed E-state index contributed by atoms with van der Waals surface area (Å²) in [6.45, 7) is 5.82. The van der Waals surface area contributed by atoms with E-state index in [1.54, 1.807) is 6.07 Å². The summed E-state index contributed by atoms with van der Waals surface area (Å²) in [5, 5.41) is 0. The van der Waals surface area contributed by atoms with Gasteiger partial charge < -0.3 is 5.73 Å². The van der Waals surface area contributed by atoms with E-state index in [1.807, 2.05) is 45.0 Å². The maximum atomic E-state index is 12.7. The summed E-state index contributed by atoms with van der Waals surface area (Å²) in [6, 6.07) is 9.41. The van der Waals surface area contributed by atoms with Crippen molar-refractivity contribution in [3.8, 4) is 0 Å². The van der Waals surface area contributed by atoms with E-state index in [1.165, 1.54) is 0 Å². The summed E-state index contributed by atoms with van der Waals surface area (Å²) in [4.78, 5) is 12.7. The van der Waals surface area contributed by atoms with Gasteiger partial charge in [-0.05, 0) is 55.7 Å². The first-order chi connectivity index (χ1) is 8.91. The molecule has 0 aliphatic heterocycles. The van der Waals surface area contributed by atoms with Gasteiger partial charge in [0.2, 0.25) is 0 Å². The molecule has 2 rings (SSSR count). The summed E-state index contributed by atoms with van der Waals surface area (Å²) in [5.41, 5.74) is 10.7. The lowest BCUT2D eigenvalue weighted by Gasteiger charge is -2.12. The Morgan fingerprint density at radius 2 is 1.74 bits per heavy atom. The van der Waals surface area contributed by atoms with Gasteiger partial charge in [-0.3, -0.25) is 4.79 Å². The second kappa shape index (κ2) is 5.17. The predicted molar refractivity (Wildman–Crippen MR) is 82.6 cm³/mol. The minimum absolute atomic E-state index is 0.0105. The molecule has 0 saturated carbocycles. The molecule has 2 aromatic carbocycles. The van der Waals surface area contributed by atoms with Gasteiger partial charge in [0.1, 0.15) is 0 Å². The van der Waals surface area contributed by atoms with Crippen LogP contribution in [0.2, 0.25) is 0 Å². The SMILES string of the molecule is Cc1cc(C(=O)c2c(C)cccc2N)c(C)cc1Br. The van der Waals surface area contributed by atoms with Gasteiger partial charge >= 0.3 is 0 Å². The van der Waals surface area contributed by atoms with Crippen LogP contribution < -0.4 is 5.73 Å². The highest BCUT2D eigenvalue weighted by Gasteiger charge is 2.17. The van der Waals surface area contributed by atoms with E-state index >= 15 is 0 Å². The highest BCUT2D eigenvalue weighted by atomic mass is 79.9. The number of halogens is 1. The lowest BCUT2D eigenvalue weighted by Crippen LogP contribution is -2.09. The molecule has 0 aromatic heterocycles. The van der Waals surface area contributed by atoms with Crippen LogP contribution in [0.5, 0.6) is 0 Å². The molecule has 0 unspecified atom stereocenters. The minimum atomic E-state index is -0.0105. The lowest BCUT2D eigenvalue weighted by atomic mass is 9.94. The van der Waals surface area contributed by atoms with Crippen molar-refractivity contribution in [1.29, 1.82) is 0 Å². The fraction of sp³-hybridized carbons (Fsp3) is 0.188. The number of benzene rings is 2. The van der Waals surface area contributed by atoms with Crippen molar-refractivity contribution in [2.75, 3.05) is 5.73 Å². The van der Waals surface area contributed by atoms with Gasteiger partial charge in [0.25, 0.3) is 0 Å². The molecular weight excluding hydrogens is 302 g/mol. The fourth-order valence-electron chi connectivity index (χ4n) is 2.16. The largest absolute Gasteiger partial charge is 0.398 e.